The number of ether oxygens (including phenoxy) is 1. The van der Waals surface area contributed by atoms with Crippen molar-refractivity contribution < 1.29 is 33.6 Å². The number of allylic oxidation sites excluding steroid dienone is 2. The monoisotopic (exact) mass is 486 g/mol. The number of carbonyl (C=O) groups is 3. The average Bonchev–Trinajstić information content (AvgIpc) is 3.53. The van der Waals surface area contributed by atoms with Gasteiger partial charge in [0.1, 0.15) is 0 Å². The molecule has 0 radical (unpaired) electrons. The fourth-order valence-corrected chi connectivity index (χ4v) is 4.41. The zero-order chi connectivity index (χ0) is 26.1. The first-order valence-corrected chi connectivity index (χ1v) is 11.3. The highest BCUT2D eigenvalue weighted by Crippen LogP contribution is 2.43. The number of aliphatic carboxylic acids is 1. The number of carboxylic acid groups (broad SMARTS) is 1. The van der Waals surface area contributed by atoms with Crippen LogP contribution in [0, 0.1) is 22.0 Å². The number of nitro benzene ring substituents is 1. The van der Waals surface area contributed by atoms with Crippen molar-refractivity contribution in [3.8, 4) is 0 Å². The lowest BCUT2D eigenvalue weighted by Gasteiger charge is -2.32. The van der Waals surface area contributed by atoms with E-state index in [0.29, 0.717) is 18.2 Å². The number of esters is 1. The van der Waals surface area contributed by atoms with Gasteiger partial charge in [-0.2, -0.15) is 0 Å². The summed E-state index contributed by atoms with van der Waals surface area (Å²) in [6.07, 6.45) is 1.61. The molecule has 188 valence electrons. The Balaban J connectivity index is 1.78. The number of urea groups is 1. The number of quaternary nitrogens is 1. The molecule has 1 aliphatic carbocycles. The minimum atomic E-state index is -1.48. The van der Waals surface area contributed by atoms with Crippen LogP contribution in [-0.2, 0) is 14.3 Å². The number of hydrogen-bond donors (Lipinski definition) is 2. The smallest absolute Gasteiger partial charge is 0.413 e. The summed E-state index contributed by atoms with van der Waals surface area (Å²) in [4.78, 5) is 47.4. The van der Waals surface area contributed by atoms with Crippen molar-refractivity contribution in [2.75, 3.05) is 27.2 Å². The fraction of sp³-hybridized carbons (Fsp3) is 0.458. The Morgan fingerprint density at radius 3 is 2.43 bits per heavy atom. The Labute approximate surface area is 203 Å². The molecule has 2 aliphatic rings. The summed E-state index contributed by atoms with van der Waals surface area (Å²) in [6.45, 7) is 3.89. The lowest BCUT2D eigenvalue weighted by atomic mass is 9.80. The van der Waals surface area contributed by atoms with Crippen LogP contribution in [0.3, 0.4) is 0 Å². The summed E-state index contributed by atoms with van der Waals surface area (Å²) in [5.41, 5.74) is 6.03. The number of nitrogens with two attached hydrogens (primary N) is 1. The van der Waals surface area contributed by atoms with E-state index in [1.807, 2.05) is 0 Å². The second-order valence-corrected chi connectivity index (χ2v) is 9.66. The van der Waals surface area contributed by atoms with E-state index in [4.69, 9.17) is 10.5 Å². The van der Waals surface area contributed by atoms with E-state index < -0.39 is 28.8 Å². The van der Waals surface area contributed by atoms with Crippen LogP contribution >= 0.6 is 0 Å². The van der Waals surface area contributed by atoms with Crippen molar-refractivity contribution in [3.05, 3.63) is 62.5 Å². The summed E-state index contributed by atoms with van der Waals surface area (Å²) < 4.78 is 5.65. The number of primary amides is 1. The third-order valence-corrected chi connectivity index (χ3v) is 6.77. The van der Waals surface area contributed by atoms with Crippen molar-refractivity contribution in [2.45, 2.75) is 32.6 Å². The number of carbonyl (C=O) groups excluding carboxylic acids is 3. The highest BCUT2D eigenvalue weighted by atomic mass is 16.6. The van der Waals surface area contributed by atoms with Gasteiger partial charge >= 0.3 is 12.0 Å². The number of benzene rings is 1. The summed E-state index contributed by atoms with van der Waals surface area (Å²) in [6, 6.07) is 5.11. The van der Waals surface area contributed by atoms with Crippen molar-refractivity contribution >= 4 is 23.7 Å². The van der Waals surface area contributed by atoms with E-state index in [9.17, 15) is 29.6 Å². The first kappa shape index (κ1) is 25.9. The molecule has 3 rings (SSSR count). The Kier molecular flexibility index (Phi) is 7.30. The molecule has 0 spiro atoms. The molecule has 3 unspecified atom stereocenters. The maximum Gasteiger partial charge on any atom is 0.413 e. The second-order valence-electron chi connectivity index (χ2n) is 9.66. The Bertz CT molecular complexity index is 1140. The predicted molar refractivity (Wildman–Crippen MR) is 123 cm³/mol. The first-order valence-electron chi connectivity index (χ1n) is 11.3. The number of nitro groups is 1. The lowest BCUT2D eigenvalue weighted by Crippen LogP contribution is -2.49. The molecular formula is C24H30N4O7. The number of rotatable bonds is 9. The standard InChI is InChI=1S/C24H30N4O7/c1-13-19(22(29)30)21(16-6-5-7-18(11-16)27(33)34)20(14(2)26-13)23(31)35-12-17-10-15(17)8-9-28(3,4)24(25)32/h5-7,11,15,17,21H,8-10,12H2,1-4H3,(H3-,25,26,29,30,31,32). The molecule has 3 N–H and O–H groups in total. The molecule has 1 aromatic rings. The van der Waals surface area contributed by atoms with Crippen molar-refractivity contribution in [3.63, 3.8) is 0 Å². The molecule has 35 heavy (non-hydrogen) atoms. The summed E-state index contributed by atoms with van der Waals surface area (Å²) in [7, 11) is 3.48. The third-order valence-electron chi connectivity index (χ3n) is 6.77. The van der Waals surface area contributed by atoms with Gasteiger partial charge in [-0.3, -0.25) is 10.1 Å². The molecule has 3 atom stereocenters. The number of amides is 2. The maximum atomic E-state index is 13.2. The molecule has 11 heteroatoms. The molecule has 1 aromatic carbocycles. The zero-order valence-corrected chi connectivity index (χ0v) is 20.2. The molecule has 1 heterocycles. The van der Waals surface area contributed by atoms with Crippen molar-refractivity contribution in [1.29, 1.82) is 0 Å². The van der Waals surface area contributed by atoms with Gasteiger partial charge in [0, 0.05) is 41.4 Å². The highest BCUT2D eigenvalue weighted by Gasteiger charge is 2.41. The topological polar surface area (TPSA) is 165 Å². The molecule has 0 saturated heterocycles. The molecular weight excluding hydrogens is 456 g/mol. The van der Waals surface area contributed by atoms with E-state index in [0.717, 1.165) is 12.8 Å². The van der Waals surface area contributed by atoms with Crippen LogP contribution in [0.1, 0.15) is 38.2 Å². The first-order chi connectivity index (χ1) is 16.3. The molecule has 0 aromatic heterocycles. The number of carboxylic acids is 1. The van der Waals surface area contributed by atoms with Gasteiger partial charge in [-0.05, 0) is 37.7 Å². The largest absolute Gasteiger partial charge is 0.545 e. The predicted octanol–water partition coefficient (Wildman–Crippen LogP) is 1.30. The van der Waals surface area contributed by atoms with E-state index in [2.05, 4.69) is 5.32 Å². The zero-order valence-electron chi connectivity index (χ0n) is 20.2. The number of nitrogens with zero attached hydrogens (tertiary/aromatic N) is 2. The van der Waals surface area contributed by atoms with Crippen LogP contribution in [-0.4, -0.2) is 54.6 Å². The molecule has 1 aliphatic heterocycles. The quantitative estimate of drug-likeness (QED) is 0.228. The molecule has 2 amide bonds. The number of non-ortho nitro benzene ring substituents is 1. The van der Waals surface area contributed by atoms with Gasteiger partial charge in [-0.1, -0.05) is 12.1 Å². The van der Waals surface area contributed by atoms with Gasteiger partial charge in [0.2, 0.25) is 0 Å². The van der Waals surface area contributed by atoms with Crippen LogP contribution < -0.4 is 16.2 Å². The van der Waals surface area contributed by atoms with Crippen LogP contribution in [0.15, 0.2) is 46.8 Å². The van der Waals surface area contributed by atoms with Gasteiger partial charge in [0.25, 0.3) is 5.69 Å². The highest BCUT2D eigenvalue weighted by molar-refractivity contribution is 5.98. The number of nitrogens with one attached hydrogen (secondary N) is 1. The second kappa shape index (κ2) is 9.87. The van der Waals surface area contributed by atoms with Crippen molar-refractivity contribution in [2.24, 2.45) is 17.6 Å². The summed E-state index contributed by atoms with van der Waals surface area (Å²) in [5.74, 6) is -2.83. The Hall–Kier alpha value is -3.73. The molecule has 1 fully saturated rings. The van der Waals surface area contributed by atoms with Gasteiger partial charge in [-0.15, -0.1) is 0 Å². The minimum absolute atomic E-state index is 0.0685. The van der Waals surface area contributed by atoms with Crippen LogP contribution in [0.25, 0.3) is 0 Å². The molecule has 0 bridgehead atoms. The van der Waals surface area contributed by atoms with E-state index in [-0.39, 0.29) is 45.1 Å². The van der Waals surface area contributed by atoms with E-state index >= 15 is 0 Å². The number of hydrogen-bond acceptors (Lipinski definition) is 8. The van der Waals surface area contributed by atoms with Crippen LogP contribution in [0.2, 0.25) is 0 Å². The summed E-state index contributed by atoms with van der Waals surface area (Å²) >= 11 is 0. The molecule has 1 saturated carbocycles. The SMILES string of the molecule is CC1=C(C(=O)[O-])C(c2cccc([N+](=O)[O-])c2)C(C(=O)OCC2CC2CC[N+](C)(C)C(N)=O)=C(C)N1. The number of dihydropyridines is 1. The van der Waals surface area contributed by atoms with Gasteiger partial charge in [0.15, 0.2) is 0 Å². The van der Waals surface area contributed by atoms with E-state index in [1.165, 1.54) is 24.3 Å². The van der Waals surface area contributed by atoms with Crippen molar-refractivity contribution in [1.82, 2.24) is 5.32 Å². The van der Waals surface area contributed by atoms with Crippen LogP contribution in [0.4, 0.5) is 10.5 Å². The fourth-order valence-electron chi connectivity index (χ4n) is 4.41. The van der Waals surface area contributed by atoms with Crippen LogP contribution in [0.5, 0.6) is 0 Å². The average molecular weight is 487 g/mol. The van der Waals surface area contributed by atoms with Gasteiger partial charge in [-0.25, -0.2) is 14.1 Å². The Morgan fingerprint density at radius 2 is 1.83 bits per heavy atom. The maximum absolute atomic E-state index is 13.2. The van der Waals surface area contributed by atoms with E-state index in [1.54, 1.807) is 27.9 Å². The minimum Gasteiger partial charge on any atom is -0.545 e. The summed E-state index contributed by atoms with van der Waals surface area (Å²) in [5, 5.41) is 26.2. The normalized spacial score (nSPS) is 21.9. The van der Waals surface area contributed by atoms with Gasteiger partial charge < -0.3 is 25.7 Å². The lowest BCUT2D eigenvalue weighted by molar-refractivity contribution is -0.808. The van der Waals surface area contributed by atoms with Gasteiger partial charge in [0.05, 0.1) is 43.7 Å². The third kappa shape index (κ3) is 5.68. The Morgan fingerprint density at radius 1 is 1.17 bits per heavy atom. The molecule has 11 nitrogen and oxygen atoms in total.